The van der Waals surface area contributed by atoms with Crippen molar-refractivity contribution in [2.75, 3.05) is 12.3 Å². The molecule has 0 amide bonds. The van der Waals surface area contributed by atoms with Crippen molar-refractivity contribution in [1.82, 2.24) is 4.90 Å². The van der Waals surface area contributed by atoms with Gasteiger partial charge in [0.2, 0.25) is 0 Å². The van der Waals surface area contributed by atoms with Crippen LogP contribution in [0.4, 0.5) is 0 Å². The third-order valence-electron chi connectivity index (χ3n) is 3.40. The fourth-order valence-electron chi connectivity index (χ4n) is 2.29. The molecule has 1 aliphatic rings. The Kier molecular flexibility index (Phi) is 4.54. The first kappa shape index (κ1) is 13.4. The average Bonchev–Trinajstić information content (AvgIpc) is 2.25. The summed E-state index contributed by atoms with van der Waals surface area (Å²) in [5.74, 6) is 1.29. The molecule has 0 aromatic rings. The standard InChI is InChI=1S/C13H27NS/c1-10(2)14-8-7-11(3)15-9-12(14)13(4,5)6/h10-12H,7-9H2,1-6H3/t11?,12-/m1/s1. The zero-order chi connectivity index (χ0) is 11.6. The van der Waals surface area contributed by atoms with Crippen LogP contribution in [0.2, 0.25) is 0 Å². The Balaban J connectivity index is 2.78. The molecule has 0 aromatic heterocycles. The van der Waals surface area contributed by atoms with E-state index in [0.717, 1.165) is 11.3 Å². The molecule has 1 unspecified atom stereocenters. The lowest BCUT2D eigenvalue weighted by atomic mass is 9.86. The fourth-order valence-corrected chi connectivity index (χ4v) is 3.76. The molecule has 1 aliphatic heterocycles. The highest BCUT2D eigenvalue weighted by Crippen LogP contribution is 2.33. The molecule has 0 radical (unpaired) electrons. The summed E-state index contributed by atoms with van der Waals surface area (Å²) in [5.41, 5.74) is 0.404. The van der Waals surface area contributed by atoms with Crippen LogP contribution in [0.1, 0.15) is 48.0 Å². The summed E-state index contributed by atoms with van der Waals surface area (Å²) in [4.78, 5) is 2.70. The highest BCUT2D eigenvalue weighted by atomic mass is 32.2. The van der Waals surface area contributed by atoms with Crippen molar-refractivity contribution >= 4 is 11.8 Å². The van der Waals surface area contributed by atoms with E-state index in [4.69, 9.17) is 0 Å². The topological polar surface area (TPSA) is 3.24 Å². The number of rotatable bonds is 1. The number of thioether (sulfide) groups is 1. The molecule has 1 saturated heterocycles. The van der Waals surface area contributed by atoms with Gasteiger partial charge in [-0.05, 0) is 32.2 Å². The van der Waals surface area contributed by atoms with Crippen LogP contribution in [-0.4, -0.2) is 34.5 Å². The lowest BCUT2D eigenvalue weighted by Crippen LogP contribution is -2.48. The number of hydrogen-bond donors (Lipinski definition) is 0. The SMILES string of the molecule is CC1CCN(C(C)C)[C@@H](C(C)(C)C)CS1. The Hall–Kier alpha value is 0.310. The average molecular weight is 229 g/mol. The molecule has 1 heterocycles. The smallest absolute Gasteiger partial charge is 0.0237 e. The predicted octanol–water partition coefficient (Wildman–Crippen LogP) is 3.64. The Bertz CT molecular complexity index is 195. The second kappa shape index (κ2) is 5.09. The van der Waals surface area contributed by atoms with Crippen molar-refractivity contribution < 1.29 is 0 Å². The molecule has 0 spiro atoms. The molecular weight excluding hydrogens is 202 g/mol. The molecule has 0 N–H and O–H groups in total. The number of nitrogens with zero attached hydrogens (tertiary/aromatic N) is 1. The number of hydrogen-bond acceptors (Lipinski definition) is 2. The molecular formula is C13H27NS. The monoisotopic (exact) mass is 229 g/mol. The molecule has 0 aliphatic carbocycles. The van der Waals surface area contributed by atoms with Gasteiger partial charge < -0.3 is 0 Å². The lowest BCUT2D eigenvalue weighted by Gasteiger charge is -2.41. The Morgan fingerprint density at radius 3 is 2.33 bits per heavy atom. The predicted molar refractivity (Wildman–Crippen MR) is 71.6 cm³/mol. The first-order valence-electron chi connectivity index (χ1n) is 6.19. The van der Waals surface area contributed by atoms with E-state index in [1.54, 1.807) is 0 Å². The summed E-state index contributed by atoms with van der Waals surface area (Å²) in [6.07, 6.45) is 1.34. The molecule has 90 valence electrons. The van der Waals surface area contributed by atoms with Gasteiger partial charge in [-0.3, -0.25) is 4.90 Å². The van der Waals surface area contributed by atoms with Gasteiger partial charge in [-0.25, -0.2) is 0 Å². The van der Waals surface area contributed by atoms with E-state index < -0.39 is 0 Å². The maximum atomic E-state index is 2.70. The van der Waals surface area contributed by atoms with Crippen molar-refractivity contribution in [2.45, 2.75) is 65.3 Å². The van der Waals surface area contributed by atoms with Gasteiger partial charge in [0.25, 0.3) is 0 Å². The van der Waals surface area contributed by atoms with E-state index in [0.29, 0.717) is 11.5 Å². The minimum atomic E-state index is 0.404. The van der Waals surface area contributed by atoms with Crippen molar-refractivity contribution in [3.8, 4) is 0 Å². The molecule has 1 rings (SSSR count). The van der Waals surface area contributed by atoms with E-state index in [9.17, 15) is 0 Å². The van der Waals surface area contributed by atoms with Gasteiger partial charge in [0.15, 0.2) is 0 Å². The van der Waals surface area contributed by atoms with Gasteiger partial charge in [-0.15, -0.1) is 0 Å². The van der Waals surface area contributed by atoms with E-state index in [2.05, 4.69) is 58.2 Å². The zero-order valence-corrected chi connectivity index (χ0v) is 12.0. The van der Waals surface area contributed by atoms with Crippen LogP contribution >= 0.6 is 11.8 Å². The van der Waals surface area contributed by atoms with Crippen LogP contribution in [0.5, 0.6) is 0 Å². The Labute approximate surface area is 100.0 Å². The van der Waals surface area contributed by atoms with Gasteiger partial charge >= 0.3 is 0 Å². The van der Waals surface area contributed by atoms with Gasteiger partial charge in [-0.1, -0.05) is 27.7 Å². The van der Waals surface area contributed by atoms with Crippen molar-refractivity contribution in [2.24, 2.45) is 5.41 Å². The summed E-state index contributed by atoms with van der Waals surface area (Å²) in [6, 6.07) is 1.41. The highest BCUT2D eigenvalue weighted by molar-refractivity contribution is 7.99. The van der Waals surface area contributed by atoms with E-state index in [-0.39, 0.29) is 0 Å². The zero-order valence-electron chi connectivity index (χ0n) is 11.2. The minimum absolute atomic E-state index is 0.404. The summed E-state index contributed by atoms with van der Waals surface area (Å²) in [5, 5.41) is 0.832. The van der Waals surface area contributed by atoms with Gasteiger partial charge in [0.1, 0.15) is 0 Å². The van der Waals surface area contributed by atoms with Crippen molar-refractivity contribution in [3.63, 3.8) is 0 Å². The summed E-state index contributed by atoms with van der Waals surface area (Å²) >= 11 is 2.15. The lowest BCUT2D eigenvalue weighted by molar-refractivity contribution is 0.0883. The van der Waals surface area contributed by atoms with Crippen LogP contribution in [0.15, 0.2) is 0 Å². The second-order valence-corrected chi connectivity index (χ2v) is 7.62. The maximum absolute atomic E-state index is 2.70. The molecule has 15 heavy (non-hydrogen) atoms. The van der Waals surface area contributed by atoms with Gasteiger partial charge in [0, 0.05) is 23.1 Å². The Morgan fingerprint density at radius 2 is 1.87 bits per heavy atom. The first-order valence-corrected chi connectivity index (χ1v) is 7.24. The summed E-state index contributed by atoms with van der Waals surface area (Å²) < 4.78 is 0. The van der Waals surface area contributed by atoms with Crippen LogP contribution in [-0.2, 0) is 0 Å². The van der Waals surface area contributed by atoms with Gasteiger partial charge in [-0.2, -0.15) is 11.8 Å². The third kappa shape index (κ3) is 3.67. The Morgan fingerprint density at radius 1 is 1.27 bits per heavy atom. The largest absolute Gasteiger partial charge is 0.297 e. The van der Waals surface area contributed by atoms with Crippen LogP contribution < -0.4 is 0 Å². The molecule has 0 saturated carbocycles. The molecule has 0 bridgehead atoms. The van der Waals surface area contributed by atoms with E-state index in [1.807, 2.05) is 0 Å². The highest BCUT2D eigenvalue weighted by Gasteiger charge is 2.33. The normalized spacial score (nSPS) is 30.6. The van der Waals surface area contributed by atoms with E-state index >= 15 is 0 Å². The first-order chi connectivity index (χ1) is 6.82. The van der Waals surface area contributed by atoms with Crippen LogP contribution in [0, 0.1) is 5.41 Å². The fraction of sp³-hybridized carbons (Fsp3) is 1.00. The molecule has 0 aromatic carbocycles. The van der Waals surface area contributed by atoms with E-state index in [1.165, 1.54) is 18.7 Å². The molecule has 2 heteroatoms. The van der Waals surface area contributed by atoms with Crippen LogP contribution in [0.25, 0.3) is 0 Å². The maximum Gasteiger partial charge on any atom is 0.0237 e. The van der Waals surface area contributed by atoms with Crippen LogP contribution in [0.3, 0.4) is 0 Å². The quantitative estimate of drug-likeness (QED) is 0.675. The van der Waals surface area contributed by atoms with Crippen molar-refractivity contribution in [1.29, 1.82) is 0 Å². The minimum Gasteiger partial charge on any atom is -0.297 e. The molecule has 1 nitrogen and oxygen atoms in total. The van der Waals surface area contributed by atoms with Gasteiger partial charge in [0.05, 0.1) is 0 Å². The summed E-state index contributed by atoms with van der Waals surface area (Å²) in [7, 11) is 0. The molecule has 2 atom stereocenters. The van der Waals surface area contributed by atoms with Crippen molar-refractivity contribution in [3.05, 3.63) is 0 Å². The second-order valence-electron chi connectivity index (χ2n) is 6.15. The summed E-state index contributed by atoms with van der Waals surface area (Å²) in [6.45, 7) is 15.4. The third-order valence-corrected chi connectivity index (χ3v) is 4.71. The molecule has 1 fully saturated rings.